The summed E-state index contributed by atoms with van der Waals surface area (Å²) in [7, 11) is 0. The van der Waals surface area contributed by atoms with E-state index in [0.717, 1.165) is 30.7 Å². The summed E-state index contributed by atoms with van der Waals surface area (Å²) in [5, 5.41) is 0. The number of aromatic nitrogens is 2. The predicted octanol–water partition coefficient (Wildman–Crippen LogP) is 4.13. The average Bonchev–Trinajstić information content (AvgIpc) is 3.28. The van der Waals surface area contributed by atoms with Gasteiger partial charge in [-0.2, -0.15) is 9.97 Å². The molecule has 8 nitrogen and oxygen atoms in total. The molecule has 0 bridgehead atoms. The molecule has 2 amide bonds. The Hall–Kier alpha value is -2.64. The van der Waals surface area contributed by atoms with E-state index in [1.165, 1.54) is 0 Å². The Morgan fingerprint density at radius 3 is 1.45 bits per heavy atom. The molecule has 0 atom stereocenters. The van der Waals surface area contributed by atoms with E-state index in [9.17, 15) is 9.59 Å². The van der Waals surface area contributed by atoms with E-state index in [1.807, 2.05) is 41.5 Å². The fraction of sp³-hybridized carbons (Fsp3) is 0.619. The monoisotopic (exact) mass is 404 g/mol. The van der Waals surface area contributed by atoms with Crippen LogP contribution >= 0.6 is 0 Å². The van der Waals surface area contributed by atoms with Gasteiger partial charge in [0.25, 0.3) is 0 Å². The van der Waals surface area contributed by atoms with Gasteiger partial charge in [-0.1, -0.05) is 27.7 Å². The van der Waals surface area contributed by atoms with Gasteiger partial charge in [-0.25, -0.2) is 0 Å². The van der Waals surface area contributed by atoms with Gasteiger partial charge in [-0.3, -0.25) is 19.4 Å². The number of hydrogen-bond acceptors (Lipinski definition) is 6. The lowest BCUT2D eigenvalue weighted by Crippen LogP contribution is -2.36. The lowest BCUT2D eigenvalue weighted by molar-refractivity contribution is -0.122. The Labute approximate surface area is 172 Å². The fourth-order valence-corrected chi connectivity index (χ4v) is 2.87. The number of carbonyl (C=O) groups is 2. The molecule has 0 radical (unpaired) electrons. The normalized spacial score (nSPS) is 11.3. The van der Waals surface area contributed by atoms with Crippen molar-refractivity contribution in [1.82, 2.24) is 9.97 Å². The van der Waals surface area contributed by atoms with Gasteiger partial charge in [0, 0.05) is 24.9 Å². The second-order valence-corrected chi connectivity index (χ2v) is 7.89. The number of aryl methyl sites for hydroxylation is 2. The molecule has 160 valence electrons. The van der Waals surface area contributed by atoms with Gasteiger partial charge in [-0.15, -0.1) is 0 Å². The summed E-state index contributed by atoms with van der Waals surface area (Å²) in [4.78, 5) is 36.8. The maximum Gasteiger partial charge on any atom is 0.304 e. The van der Waals surface area contributed by atoms with Crippen LogP contribution in [0.4, 0.5) is 12.0 Å². The zero-order valence-corrected chi connectivity index (χ0v) is 18.3. The lowest BCUT2D eigenvalue weighted by atomic mass is 10.1. The Bertz CT molecular complexity index is 743. The third kappa shape index (κ3) is 6.17. The molecule has 0 aliphatic carbocycles. The van der Waals surface area contributed by atoms with Crippen LogP contribution in [-0.2, 0) is 9.59 Å². The third-order valence-electron chi connectivity index (χ3n) is 4.46. The molecule has 2 heterocycles. The van der Waals surface area contributed by atoms with Crippen LogP contribution in [0.25, 0.3) is 0 Å². The molecule has 2 rings (SSSR count). The van der Waals surface area contributed by atoms with E-state index in [-0.39, 0.29) is 23.7 Å². The maximum absolute atomic E-state index is 12.5. The first kappa shape index (κ1) is 22.6. The molecule has 8 heteroatoms. The van der Waals surface area contributed by atoms with Crippen molar-refractivity contribution in [2.75, 3.05) is 22.9 Å². The second kappa shape index (κ2) is 10.2. The van der Waals surface area contributed by atoms with Crippen molar-refractivity contribution in [2.24, 2.45) is 11.8 Å². The van der Waals surface area contributed by atoms with Crippen LogP contribution in [0, 0.1) is 25.7 Å². The minimum absolute atomic E-state index is 0.0151. The molecule has 0 unspecified atom stereocenters. The number of nitrogens with zero attached hydrogens (tertiary/aromatic N) is 4. The fourth-order valence-electron chi connectivity index (χ4n) is 2.87. The summed E-state index contributed by atoms with van der Waals surface area (Å²) >= 11 is 0. The van der Waals surface area contributed by atoms with Crippen molar-refractivity contribution in [2.45, 2.75) is 60.8 Å². The van der Waals surface area contributed by atoms with E-state index in [2.05, 4.69) is 9.97 Å². The first-order chi connectivity index (χ1) is 13.7. The van der Waals surface area contributed by atoms with Crippen LogP contribution < -0.4 is 9.80 Å². The lowest BCUT2D eigenvalue weighted by Gasteiger charge is -2.22. The highest BCUT2D eigenvalue weighted by molar-refractivity contribution is 5.93. The number of rotatable bonds is 10. The quantitative estimate of drug-likeness (QED) is 0.553. The van der Waals surface area contributed by atoms with E-state index < -0.39 is 0 Å². The van der Waals surface area contributed by atoms with Crippen LogP contribution in [0.15, 0.2) is 21.4 Å². The zero-order chi connectivity index (χ0) is 21.6. The minimum atomic E-state index is -0.144. The highest BCUT2D eigenvalue weighted by atomic mass is 16.4. The smallest absolute Gasteiger partial charge is 0.304 e. The van der Waals surface area contributed by atoms with E-state index in [0.29, 0.717) is 25.1 Å². The maximum atomic E-state index is 12.5. The first-order valence-corrected chi connectivity index (χ1v) is 10.2. The van der Waals surface area contributed by atoms with Crippen LogP contribution in [0.3, 0.4) is 0 Å². The number of amides is 2. The van der Waals surface area contributed by atoms with Gasteiger partial charge in [-0.05, 0) is 33.1 Å². The Morgan fingerprint density at radius 1 is 0.793 bits per heavy atom. The van der Waals surface area contributed by atoms with Gasteiger partial charge in [0.15, 0.2) is 0 Å². The molecule has 0 saturated carbocycles. The van der Waals surface area contributed by atoms with Crippen molar-refractivity contribution in [3.63, 3.8) is 0 Å². The van der Waals surface area contributed by atoms with E-state index in [4.69, 9.17) is 8.83 Å². The molecular weight excluding hydrogens is 372 g/mol. The van der Waals surface area contributed by atoms with Gasteiger partial charge in [0.05, 0.1) is 11.4 Å². The number of oxazole rings is 2. The van der Waals surface area contributed by atoms with Gasteiger partial charge < -0.3 is 8.83 Å². The Kier molecular flexibility index (Phi) is 7.99. The Balaban J connectivity index is 1.92. The number of carbonyl (C=O) groups excluding carboxylic acids is 2. The molecule has 0 N–H and O–H groups in total. The van der Waals surface area contributed by atoms with Crippen molar-refractivity contribution < 1.29 is 18.4 Å². The van der Waals surface area contributed by atoms with Crippen molar-refractivity contribution in [3.8, 4) is 0 Å². The highest BCUT2D eigenvalue weighted by Crippen LogP contribution is 2.19. The largest absolute Gasteiger partial charge is 0.431 e. The number of unbranched alkanes of at least 4 members (excludes halogenated alkanes) is 2. The highest BCUT2D eigenvalue weighted by Gasteiger charge is 2.24. The van der Waals surface area contributed by atoms with Crippen molar-refractivity contribution in [1.29, 1.82) is 0 Å². The van der Waals surface area contributed by atoms with Crippen molar-refractivity contribution >= 4 is 23.8 Å². The van der Waals surface area contributed by atoms with Gasteiger partial charge >= 0.3 is 12.0 Å². The standard InChI is InChI=1S/C21H32N4O4/c1-14(2)18(26)24(20-22-16(5)12-28-20)10-8-7-9-11-25(19(27)15(3)4)21-23-17(6)13-29-21/h12-15H,7-11H2,1-6H3. The van der Waals surface area contributed by atoms with Crippen LogP contribution in [0.5, 0.6) is 0 Å². The number of hydrogen-bond donors (Lipinski definition) is 0. The molecule has 0 fully saturated rings. The molecule has 2 aromatic rings. The van der Waals surface area contributed by atoms with Crippen LogP contribution in [-0.4, -0.2) is 34.9 Å². The summed E-state index contributed by atoms with van der Waals surface area (Å²) in [6.07, 6.45) is 5.47. The molecule has 0 saturated heterocycles. The van der Waals surface area contributed by atoms with E-state index in [1.54, 1.807) is 22.3 Å². The summed E-state index contributed by atoms with van der Waals surface area (Å²) in [6.45, 7) is 12.1. The molecule has 0 spiro atoms. The molecule has 29 heavy (non-hydrogen) atoms. The molecule has 2 aromatic heterocycles. The van der Waals surface area contributed by atoms with E-state index >= 15 is 0 Å². The first-order valence-electron chi connectivity index (χ1n) is 10.2. The SMILES string of the molecule is Cc1coc(N(CCCCCN(C(=O)C(C)C)c2nc(C)co2)C(=O)C(C)C)n1. The summed E-state index contributed by atoms with van der Waals surface area (Å²) < 4.78 is 10.9. The van der Waals surface area contributed by atoms with Gasteiger partial charge in [0.2, 0.25) is 11.8 Å². The molecular formula is C21H32N4O4. The zero-order valence-electron chi connectivity index (χ0n) is 18.3. The molecule has 0 aromatic carbocycles. The summed E-state index contributed by atoms with van der Waals surface area (Å²) in [5.74, 6) is -0.318. The van der Waals surface area contributed by atoms with Gasteiger partial charge in [0.1, 0.15) is 12.5 Å². The third-order valence-corrected chi connectivity index (χ3v) is 4.46. The van der Waals surface area contributed by atoms with Crippen LogP contribution in [0.1, 0.15) is 58.3 Å². The predicted molar refractivity (Wildman–Crippen MR) is 111 cm³/mol. The van der Waals surface area contributed by atoms with Crippen LogP contribution in [0.2, 0.25) is 0 Å². The molecule has 0 aliphatic rings. The Morgan fingerprint density at radius 2 is 1.17 bits per heavy atom. The average molecular weight is 405 g/mol. The number of anilines is 2. The second-order valence-electron chi connectivity index (χ2n) is 7.89. The molecule has 0 aliphatic heterocycles. The minimum Gasteiger partial charge on any atom is -0.431 e. The van der Waals surface area contributed by atoms with Crippen molar-refractivity contribution in [3.05, 3.63) is 23.9 Å². The summed E-state index contributed by atoms with van der Waals surface area (Å²) in [5.41, 5.74) is 1.48. The summed E-state index contributed by atoms with van der Waals surface area (Å²) in [6, 6.07) is 0.682. The topological polar surface area (TPSA) is 92.7 Å².